The van der Waals surface area contributed by atoms with Gasteiger partial charge in [0.2, 0.25) is 0 Å². The molecule has 1 saturated heterocycles. The van der Waals surface area contributed by atoms with E-state index in [-0.39, 0.29) is 12.0 Å². The number of carbonyl (C=O) groups is 1. The third-order valence-corrected chi connectivity index (χ3v) is 4.48. The summed E-state index contributed by atoms with van der Waals surface area (Å²) < 4.78 is 0. The zero-order valence-electron chi connectivity index (χ0n) is 14.0. The second-order valence-corrected chi connectivity index (χ2v) is 6.32. The molecule has 1 heterocycles. The molecule has 1 aliphatic rings. The molecule has 1 amide bonds. The summed E-state index contributed by atoms with van der Waals surface area (Å²) in [4.78, 5) is 14.5. The summed E-state index contributed by atoms with van der Waals surface area (Å²) in [5, 5.41) is 21.4. The molecular formula is C20H21N3O2. The Labute approximate surface area is 147 Å². The van der Waals surface area contributed by atoms with Crippen molar-refractivity contribution in [2.45, 2.75) is 25.6 Å². The molecule has 1 atom stereocenters. The van der Waals surface area contributed by atoms with Crippen molar-refractivity contribution in [1.82, 2.24) is 10.2 Å². The molecule has 0 spiro atoms. The Morgan fingerprint density at radius 3 is 2.56 bits per heavy atom. The monoisotopic (exact) mass is 335 g/mol. The SMILES string of the molecule is N#Cc1ccc(C(=O)NCc2ccccc2CN2CC[C@H](O)C2)cc1. The molecule has 0 aliphatic carbocycles. The van der Waals surface area contributed by atoms with Crippen molar-refractivity contribution >= 4 is 5.91 Å². The molecule has 2 aromatic rings. The molecule has 0 aromatic heterocycles. The van der Waals surface area contributed by atoms with E-state index in [4.69, 9.17) is 5.26 Å². The number of carbonyl (C=O) groups excluding carboxylic acids is 1. The van der Waals surface area contributed by atoms with Gasteiger partial charge in [0, 0.05) is 31.7 Å². The second-order valence-electron chi connectivity index (χ2n) is 6.32. The van der Waals surface area contributed by atoms with Crippen LogP contribution in [-0.2, 0) is 13.1 Å². The molecular weight excluding hydrogens is 314 g/mol. The maximum absolute atomic E-state index is 12.3. The lowest BCUT2D eigenvalue weighted by atomic mass is 10.1. The Bertz CT molecular complexity index is 780. The number of nitriles is 1. The van der Waals surface area contributed by atoms with Crippen molar-refractivity contribution in [2.24, 2.45) is 0 Å². The lowest BCUT2D eigenvalue weighted by molar-refractivity contribution is 0.0951. The van der Waals surface area contributed by atoms with E-state index in [0.29, 0.717) is 24.2 Å². The summed E-state index contributed by atoms with van der Waals surface area (Å²) in [5.74, 6) is -0.157. The number of nitrogens with one attached hydrogen (secondary N) is 1. The molecule has 2 aromatic carbocycles. The van der Waals surface area contributed by atoms with Crippen LogP contribution in [0.25, 0.3) is 0 Å². The predicted octanol–water partition coefficient (Wildman–Crippen LogP) is 2.05. The van der Waals surface area contributed by atoms with Crippen molar-refractivity contribution < 1.29 is 9.90 Å². The minimum absolute atomic E-state index is 0.157. The Balaban J connectivity index is 1.62. The van der Waals surface area contributed by atoms with Crippen LogP contribution in [0.5, 0.6) is 0 Å². The number of rotatable bonds is 5. The molecule has 25 heavy (non-hydrogen) atoms. The predicted molar refractivity (Wildman–Crippen MR) is 94.7 cm³/mol. The highest BCUT2D eigenvalue weighted by Crippen LogP contribution is 2.16. The fourth-order valence-corrected chi connectivity index (χ4v) is 3.05. The van der Waals surface area contributed by atoms with Crippen LogP contribution in [0.15, 0.2) is 48.5 Å². The zero-order chi connectivity index (χ0) is 17.6. The van der Waals surface area contributed by atoms with Gasteiger partial charge in [-0.25, -0.2) is 0 Å². The van der Waals surface area contributed by atoms with Gasteiger partial charge in [0.15, 0.2) is 0 Å². The van der Waals surface area contributed by atoms with Crippen LogP contribution >= 0.6 is 0 Å². The van der Waals surface area contributed by atoms with Gasteiger partial charge in [0.1, 0.15) is 0 Å². The van der Waals surface area contributed by atoms with Crippen LogP contribution < -0.4 is 5.32 Å². The number of aliphatic hydroxyl groups excluding tert-OH is 1. The smallest absolute Gasteiger partial charge is 0.251 e. The lowest BCUT2D eigenvalue weighted by Gasteiger charge is -2.18. The minimum Gasteiger partial charge on any atom is -0.392 e. The van der Waals surface area contributed by atoms with Crippen LogP contribution in [0.3, 0.4) is 0 Å². The normalized spacial score (nSPS) is 17.2. The van der Waals surface area contributed by atoms with Gasteiger partial charge in [-0.3, -0.25) is 9.69 Å². The number of amides is 1. The van der Waals surface area contributed by atoms with E-state index >= 15 is 0 Å². The summed E-state index contributed by atoms with van der Waals surface area (Å²) in [6.45, 7) is 2.82. The topological polar surface area (TPSA) is 76.4 Å². The molecule has 2 N–H and O–H groups in total. The minimum atomic E-state index is -0.233. The van der Waals surface area contributed by atoms with Gasteiger partial charge in [-0.05, 0) is 41.8 Å². The first-order valence-electron chi connectivity index (χ1n) is 8.41. The molecule has 5 heteroatoms. The van der Waals surface area contributed by atoms with Crippen molar-refractivity contribution in [3.05, 3.63) is 70.8 Å². The first-order chi connectivity index (χ1) is 12.2. The van der Waals surface area contributed by atoms with Crippen LogP contribution in [0.1, 0.15) is 33.5 Å². The standard InChI is InChI=1S/C20H21N3O2/c21-11-15-5-7-16(8-6-15)20(25)22-12-17-3-1-2-4-18(17)13-23-10-9-19(24)14-23/h1-8,19,24H,9-10,12-14H2,(H,22,25)/t19-/m0/s1. The van der Waals surface area contributed by atoms with E-state index in [1.165, 1.54) is 0 Å². The van der Waals surface area contributed by atoms with Crippen LogP contribution in [0, 0.1) is 11.3 Å². The van der Waals surface area contributed by atoms with E-state index in [9.17, 15) is 9.90 Å². The zero-order valence-corrected chi connectivity index (χ0v) is 14.0. The molecule has 0 radical (unpaired) electrons. The second kappa shape index (κ2) is 7.93. The van der Waals surface area contributed by atoms with Gasteiger partial charge >= 0.3 is 0 Å². The molecule has 0 saturated carbocycles. The molecule has 0 unspecified atom stereocenters. The van der Waals surface area contributed by atoms with E-state index in [1.807, 2.05) is 24.3 Å². The fraction of sp³-hybridized carbons (Fsp3) is 0.300. The maximum atomic E-state index is 12.3. The Hall–Kier alpha value is -2.68. The van der Waals surface area contributed by atoms with E-state index in [2.05, 4.69) is 16.3 Å². The molecule has 0 bridgehead atoms. The summed E-state index contributed by atoms with van der Waals surface area (Å²) in [5.41, 5.74) is 3.32. The van der Waals surface area contributed by atoms with Crippen molar-refractivity contribution in [3.63, 3.8) is 0 Å². The van der Waals surface area contributed by atoms with Gasteiger partial charge in [-0.1, -0.05) is 24.3 Å². The summed E-state index contributed by atoms with van der Waals surface area (Å²) in [6.07, 6.45) is 0.584. The molecule has 128 valence electrons. The van der Waals surface area contributed by atoms with Crippen molar-refractivity contribution in [1.29, 1.82) is 5.26 Å². The number of benzene rings is 2. The molecule has 1 aliphatic heterocycles. The van der Waals surface area contributed by atoms with Gasteiger partial charge < -0.3 is 10.4 Å². The van der Waals surface area contributed by atoms with E-state index in [0.717, 1.165) is 30.6 Å². The highest BCUT2D eigenvalue weighted by atomic mass is 16.3. The number of likely N-dealkylation sites (tertiary alicyclic amines) is 1. The third kappa shape index (κ3) is 4.44. The summed E-state index contributed by atoms with van der Waals surface area (Å²) >= 11 is 0. The number of hydrogen-bond acceptors (Lipinski definition) is 4. The third-order valence-electron chi connectivity index (χ3n) is 4.48. The molecule has 1 fully saturated rings. The summed E-state index contributed by atoms with van der Waals surface area (Å²) in [7, 11) is 0. The van der Waals surface area contributed by atoms with E-state index in [1.54, 1.807) is 24.3 Å². The Morgan fingerprint density at radius 1 is 1.20 bits per heavy atom. The maximum Gasteiger partial charge on any atom is 0.251 e. The number of nitrogens with zero attached hydrogens (tertiary/aromatic N) is 2. The molecule has 5 nitrogen and oxygen atoms in total. The average Bonchev–Trinajstić information content (AvgIpc) is 3.05. The number of β-amino-alcohol motifs (C(OH)–C–C–N with tert-alkyl or cyclic N) is 1. The van der Waals surface area contributed by atoms with Gasteiger partial charge in [-0.2, -0.15) is 5.26 Å². The van der Waals surface area contributed by atoms with Crippen LogP contribution in [0.4, 0.5) is 0 Å². The van der Waals surface area contributed by atoms with E-state index < -0.39 is 0 Å². The Kier molecular flexibility index (Phi) is 5.44. The van der Waals surface area contributed by atoms with Crippen LogP contribution in [-0.4, -0.2) is 35.1 Å². The van der Waals surface area contributed by atoms with Crippen molar-refractivity contribution in [2.75, 3.05) is 13.1 Å². The average molecular weight is 335 g/mol. The molecule has 3 rings (SSSR count). The largest absolute Gasteiger partial charge is 0.392 e. The summed E-state index contributed by atoms with van der Waals surface area (Å²) in [6, 6.07) is 16.7. The first-order valence-corrected chi connectivity index (χ1v) is 8.41. The lowest BCUT2D eigenvalue weighted by Crippen LogP contribution is -2.25. The number of hydrogen-bond donors (Lipinski definition) is 2. The Morgan fingerprint density at radius 2 is 1.92 bits per heavy atom. The first kappa shape index (κ1) is 17.2. The van der Waals surface area contributed by atoms with Crippen molar-refractivity contribution in [3.8, 4) is 6.07 Å². The highest BCUT2D eigenvalue weighted by Gasteiger charge is 2.20. The quantitative estimate of drug-likeness (QED) is 0.877. The number of aliphatic hydroxyl groups is 1. The van der Waals surface area contributed by atoms with Gasteiger partial charge in [0.25, 0.3) is 5.91 Å². The van der Waals surface area contributed by atoms with Crippen LogP contribution in [0.2, 0.25) is 0 Å². The van der Waals surface area contributed by atoms with Gasteiger partial charge in [0.05, 0.1) is 17.7 Å². The fourth-order valence-electron chi connectivity index (χ4n) is 3.05. The van der Waals surface area contributed by atoms with Gasteiger partial charge in [-0.15, -0.1) is 0 Å². The highest BCUT2D eigenvalue weighted by molar-refractivity contribution is 5.94.